The lowest BCUT2D eigenvalue weighted by atomic mass is 10.1. The van der Waals surface area contributed by atoms with Gasteiger partial charge in [-0.3, -0.25) is 23.5 Å². The van der Waals surface area contributed by atoms with Crippen molar-refractivity contribution < 1.29 is 57.4 Å². The van der Waals surface area contributed by atoms with Gasteiger partial charge in [0, 0.05) is 46.2 Å². The van der Waals surface area contributed by atoms with Gasteiger partial charge in [-0.05, 0) is 55.8 Å². The van der Waals surface area contributed by atoms with Crippen LogP contribution in [0.4, 0.5) is 0 Å². The first-order valence-electron chi connectivity index (χ1n) is 22.0. The number of aliphatic hydroxyl groups is 1. The predicted octanol–water partition coefficient (Wildman–Crippen LogP) is 6.75. The average molecular weight is 961 g/mol. The summed E-state index contributed by atoms with van der Waals surface area (Å²) in [5, 5.41) is 7.00. The molecule has 0 spiro atoms. The second-order valence-corrected chi connectivity index (χ2v) is 16.1. The Morgan fingerprint density at radius 1 is 0.671 bits per heavy atom. The molecule has 0 amide bonds. The average Bonchev–Trinajstić information content (AvgIpc) is 4.16. The number of pyridine rings is 2. The Bertz CT molecular complexity index is 2920. The van der Waals surface area contributed by atoms with Gasteiger partial charge >= 0.3 is 23.9 Å². The first-order chi connectivity index (χ1) is 33.4. The molecule has 2 saturated heterocycles. The lowest BCUT2D eigenvalue weighted by Crippen LogP contribution is -2.24. The van der Waals surface area contributed by atoms with E-state index in [9.17, 15) is 24.0 Å². The van der Waals surface area contributed by atoms with Crippen LogP contribution < -0.4 is 10.3 Å². The fourth-order valence-electron chi connectivity index (χ4n) is 7.81. The molecular weight excluding hydrogens is 905 g/mol. The molecule has 4 aromatic heterocycles. The maximum absolute atomic E-state index is 12.5. The first-order valence-corrected chi connectivity index (χ1v) is 22.0. The lowest BCUT2D eigenvalue weighted by molar-refractivity contribution is -0.153. The van der Waals surface area contributed by atoms with Gasteiger partial charge in [-0.2, -0.15) is 0 Å². The van der Waals surface area contributed by atoms with Crippen molar-refractivity contribution in [1.82, 2.24) is 29.1 Å². The molecule has 2 unspecified atom stereocenters. The molecule has 70 heavy (non-hydrogen) atoms. The summed E-state index contributed by atoms with van der Waals surface area (Å²) in [6, 6.07) is 27.5. The van der Waals surface area contributed by atoms with E-state index in [2.05, 4.69) is 19.9 Å². The number of fused-ring (bicyclic) bond motifs is 2. The number of aromatic nitrogens is 6. The maximum Gasteiger partial charge on any atom is 0.338 e. The van der Waals surface area contributed by atoms with E-state index in [0.29, 0.717) is 47.5 Å². The Balaban J connectivity index is 0.000000223. The van der Waals surface area contributed by atoms with Crippen LogP contribution in [-0.2, 0) is 44.6 Å². The summed E-state index contributed by atoms with van der Waals surface area (Å²) in [4.78, 5) is 75.6. The standard InChI is InChI=1S/C28H27N3O6.C21H21N3O6.CH4O.CH4/c1-18-8-10-21(11-9-18)28(33)35-16-22-14-24(36-19(2)32)27(37-22)31-17-30-25-23(31)12-13-29-26(25)34-15-20-6-4-3-5-7-20;1-12-3-5-14(6-4-12)21(27)28-10-15-9-17(29-13(2)25)20(30-15)24-11-23-18-16(24)7-8-22-19(18)26;1-2;/h3-13,17,22,24,27H,14-16H2,1-2H3;3-8,11,15,17,20H,9-10H2,1-2H3,(H,22,26);2H,1H3;1H4/t22-,24?,27+;15-,17?,20+;;/m00../s1. The number of aryl methyl sites for hydroxylation is 2. The molecule has 19 nitrogen and oxygen atoms in total. The molecule has 2 aliphatic heterocycles. The van der Waals surface area contributed by atoms with E-state index < -0.39 is 60.7 Å². The van der Waals surface area contributed by atoms with E-state index in [1.54, 1.807) is 58.1 Å². The van der Waals surface area contributed by atoms with Crippen LogP contribution in [0, 0.1) is 13.8 Å². The van der Waals surface area contributed by atoms with Gasteiger partial charge in [-0.25, -0.2) is 24.5 Å². The summed E-state index contributed by atoms with van der Waals surface area (Å²) in [5.41, 5.74) is 5.81. The van der Waals surface area contributed by atoms with E-state index >= 15 is 0 Å². The van der Waals surface area contributed by atoms with Crippen LogP contribution in [0.15, 0.2) is 121 Å². The number of aromatic amines is 1. The van der Waals surface area contributed by atoms with Crippen molar-refractivity contribution in [3.05, 3.63) is 154 Å². The zero-order chi connectivity index (χ0) is 49.0. The minimum absolute atomic E-state index is 0. The molecule has 6 heterocycles. The lowest BCUT2D eigenvalue weighted by Gasteiger charge is -2.20. The molecular formula is C51H56N6O13. The van der Waals surface area contributed by atoms with Gasteiger partial charge < -0.3 is 43.2 Å². The molecule has 0 bridgehead atoms. The number of ether oxygens (including phenoxy) is 7. The zero-order valence-corrected chi connectivity index (χ0v) is 38.6. The van der Waals surface area contributed by atoms with Crippen molar-refractivity contribution in [1.29, 1.82) is 0 Å². The van der Waals surface area contributed by atoms with Crippen molar-refractivity contribution in [3.8, 4) is 5.88 Å². The van der Waals surface area contributed by atoms with Crippen LogP contribution in [0.25, 0.3) is 22.1 Å². The number of carbonyl (C=O) groups is 4. The fourth-order valence-corrected chi connectivity index (χ4v) is 7.81. The first kappa shape index (κ1) is 51.6. The highest BCUT2D eigenvalue weighted by Crippen LogP contribution is 2.36. The monoisotopic (exact) mass is 960 g/mol. The molecule has 19 heteroatoms. The van der Waals surface area contributed by atoms with Crippen molar-refractivity contribution in [2.45, 2.75) is 91.4 Å². The van der Waals surface area contributed by atoms with E-state index in [0.717, 1.165) is 29.3 Å². The number of hydrogen-bond acceptors (Lipinski definition) is 16. The third-order valence-electron chi connectivity index (χ3n) is 11.0. The van der Waals surface area contributed by atoms with Gasteiger partial charge in [0.15, 0.2) is 23.5 Å². The topological polar surface area (TPSA) is 235 Å². The minimum Gasteiger partial charge on any atom is -0.471 e. The molecule has 0 aliphatic carbocycles. The van der Waals surface area contributed by atoms with Crippen molar-refractivity contribution in [2.24, 2.45) is 0 Å². The smallest absolute Gasteiger partial charge is 0.338 e. The highest BCUT2D eigenvalue weighted by atomic mass is 16.6. The fraction of sp³-hybridized carbons (Fsp3) is 0.333. The molecule has 2 fully saturated rings. The molecule has 6 atom stereocenters. The minimum atomic E-state index is -0.691. The normalized spacial score (nSPS) is 19.1. The maximum atomic E-state index is 12.5. The number of imidazole rings is 2. The number of hydrogen-bond donors (Lipinski definition) is 2. The van der Waals surface area contributed by atoms with Crippen LogP contribution in [0.5, 0.6) is 5.88 Å². The third-order valence-corrected chi connectivity index (χ3v) is 11.0. The van der Waals surface area contributed by atoms with Gasteiger partial charge in [0.25, 0.3) is 5.56 Å². The summed E-state index contributed by atoms with van der Waals surface area (Å²) in [5.74, 6) is -1.37. The van der Waals surface area contributed by atoms with Crippen LogP contribution in [-0.4, -0.2) is 103 Å². The number of carbonyl (C=O) groups excluding carboxylic acids is 4. The van der Waals surface area contributed by atoms with Crippen LogP contribution in [0.3, 0.4) is 0 Å². The number of H-pyrrole nitrogens is 1. The third kappa shape index (κ3) is 12.7. The highest BCUT2D eigenvalue weighted by Gasteiger charge is 2.41. The van der Waals surface area contributed by atoms with Gasteiger partial charge in [0.05, 0.1) is 47.0 Å². The van der Waals surface area contributed by atoms with E-state index in [1.807, 2.05) is 68.4 Å². The highest BCUT2D eigenvalue weighted by molar-refractivity contribution is 5.90. The van der Waals surface area contributed by atoms with Crippen molar-refractivity contribution in [3.63, 3.8) is 0 Å². The Labute approximate surface area is 403 Å². The molecule has 9 rings (SSSR count). The number of esters is 4. The Morgan fingerprint density at radius 2 is 1.16 bits per heavy atom. The predicted molar refractivity (Wildman–Crippen MR) is 255 cm³/mol. The van der Waals surface area contributed by atoms with E-state index in [4.69, 9.17) is 38.3 Å². The Kier molecular flexibility index (Phi) is 17.7. The molecule has 368 valence electrons. The summed E-state index contributed by atoms with van der Waals surface area (Å²) < 4.78 is 43.5. The second kappa shape index (κ2) is 24.0. The summed E-state index contributed by atoms with van der Waals surface area (Å²) in [6.07, 6.45) is 3.47. The molecule has 0 radical (unpaired) electrons. The molecule has 3 aromatic carbocycles. The zero-order valence-electron chi connectivity index (χ0n) is 38.6. The number of nitrogens with zero attached hydrogens (tertiary/aromatic N) is 5. The van der Waals surface area contributed by atoms with Crippen molar-refractivity contribution >= 4 is 45.9 Å². The summed E-state index contributed by atoms with van der Waals surface area (Å²) in [7, 11) is 1.00. The summed E-state index contributed by atoms with van der Waals surface area (Å²) >= 11 is 0. The second-order valence-electron chi connectivity index (χ2n) is 16.1. The van der Waals surface area contributed by atoms with Crippen LogP contribution in [0.2, 0.25) is 0 Å². The summed E-state index contributed by atoms with van der Waals surface area (Å²) in [6.45, 7) is 6.94. The SMILES string of the molecule is C.CC(=O)OC1C[C@@H](COC(=O)c2ccc(C)cc2)O[C@H]1n1cnc2c(=O)[nH]ccc21.CC(=O)OC1C[C@@H](COC(=O)c2ccc(C)cc2)O[C@H]1n1cnc2c(OCc3ccccc3)nccc21.CO. The van der Waals surface area contributed by atoms with Crippen LogP contribution in [0.1, 0.15) is 84.0 Å². The van der Waals surface area contributed by atoms with Gasteiger partial charge in [-0.1, -0.05) is 73.2 Å². The number of benzene rings is 3. The van der Waals surface area contributed by atoms with Crippen molar-refractivity contribution in [2.75, 3.05) is 20.3 Å². The van der Waals surface area contributed by atoms with E-state index in [1.165, 1.54) is 26.4 Å². The van der Waals surface area contributed by atoms with Crippen LogP contribution >= 0.6 is 0 Å². The largest absolute Gasteiger partial charge is 0.471 e. The number of aliphatic hydroxyl groups excluding tert-OH is 1. The molecule has 0 saturated carbocycles. The van der Waals surface area contributed by atoms with E-state index in [-0.39, 0.29) is 31.7 Å². The molecule has 7 aromatic rings. The van der Waals surface area contributed by atoms with Gasteiger partial charge in [0.2, 0.25) is 5.88 Å². The number of rotatable bonds is 13. The van der Waals surface area contributed by atoms with Gasteiger partial charge in [-0.15, -0.1) is 0 Å². The van der Waals surface area contributed by atoms with Gasteiger partial charge in [0.1, 0.15) is 32.0 Å². The quantitative estimate of drug-likeness (QED) is 0.0898. The molecule has 2 aliphatic rings. The number of nitrogens with one attached hydrogen (secondary N) is 1. The Hall–Kier alpha value is -7.74. The molecule has 2 N–H and O–H groups in total. The Morgan fingerprint density at radius 3 is 1.66 bits per heavy atom.